The van der Waals surface area contributed by atoms with E-state index >= 15 is 0 Å². The number of ether oxygens (including phenoxy) is 1. The van der Waals surface area contributed by atoms with Gasteiger partial charge >= 0.3 is 6.18 Å². The third kappa shape index (κ3) is 12.4. The molecule has 0 aromatic heterocycles. The maximum absolute atomic E-state index is 12.3. The Hall–Kier alpha value is -0.126. The zero-order chi connectivity index (χ0) is 18.3. The molecule has 0 N–H and O–H groups in total. The zero-order valence-electron chi connectivity index (χ0n) is 15.9. The molecule has 0 aliphatic carbocycles. The Morgan fingerprint density at radius 2 is 1.50 bits per heavy atom. The molecule has 165 valence electrons. The molecule has 0 spiro atoms. The monoisotopic (exact) mass is 482 g/mol. The molecule has 1 aliphatic rings. The molecule has 0 bridgehead atoms. The standard InChI is InChI=1S/C10H14O.C9H16F3N.3CH4.Y/c1-8(2)9-5-4-6-10(7-9)11-3;1-7(2)13-5-3-8(4-6-13)9(10,11)12;;;;/h4-8H,1-3H3;7-8H,3-6H2,1-2H3;3*1H4;. The van der Waals surface area contributed by atoms with Gasteiger partial charge in [0.15, 0.2) is 0 Å². The summed E-state index contributed by atoms with van der Waals surface area (Å²) in [5, 5.41) is 0. The van der Waals surface area contributed by atoms with Gasteiger partial charge in [-0.3, -0.25) is 0 Å². The van der Waals surface area contributed by atoms with Gasteiger partial charge in [-0.1, -0.05) is 48.3 Å². The van der Waals surface area contributed by atoms with E-state index in [9.17, 15) is 13.2 Å². The first-order valence-electron chi connectivity index (χ1n) is 8.59. The predicted molar refractivity (Wildman–Crippen MR) is 113 cm³/mol. The molecular weight excluding hydrogens is 440 g/mol. The van der Waals surface area contributed by atoms with E-state index in [1.807, 2.05) is 26.0 Å². The molecule has 1 heterocycles. The fourth-order valence-electron chi connectivity index (χ4n) is 2.74. The minimum atomic E-state index is -3.98. The van der Waals surface area contributed by atoms with Crippen molar-refractivity contribution in [1.29, 1.82) is 0 Å². The average molecular weight is 482 g/mol. The van der Waals surface area contributed by atoms with Crippen molar-refractivity contribution in [2.75, 3.05) is 20.2 Å². The van der Waals surface area contributed by atoms with Crippen LogP contribution in [0.2, 0.25) is 0 Å². The SMILES string of the molecule is C.C.C.CC(C)N1CCC(C(F)(F)F)CC1.COc1cccc(C(C)C)c1.[Y]. The summed E-state index contributed by atoms with van der Waals surface area (Å²) in [4.78, 5) is 2.10. The minimum Gasteiger partial charge on any atom is -0.497 e. The molecule has 0 atom stereocenters. The number of alkyl halides is 3. The van der Waals surface area contributed by atoms with Crippen molar-refractivity contribution < 1.29 is 50.6 Å². The molecule has 28 heavy (non-hydrogen) atoms. The predicted octanol–water partition coefficient (Wildman–Crippen LogP) is 7.39. The van der Waals surface area contributed by atoms with E-state index in [4.69, 9.17) is 4.74 Å². The second-order valence-electron chi connectivity index (χ2n) is 6.88. The molecule has 1 saturated heterocycles. The van der Waals surface area contributed by atoms with Crippen molar-refractivity contribution in [1.82, 2.24) is 4.90 Å². The number of halogens is 3. The minimum absolute atomic E-state index is 0. The number of likely N-dealkylation sites (tertiary alicyclic amines) is 1. The van der Waals surface area contributed by atoms with E-state index in [-0.39, 0.29) is 67.8 Å². The van der Waals surface area contributed by atoms with E-state index in [1.54, 1.807) is 7.11 Å². The number of rotatable bonds is 3. The third-order valence-corrected chi connectivity index (χ3v) is 4.48. The fraction of sp³-hybridized carbons (Fsp3) is 0.727. The summed E-state index contributed by atoms with van der Waals surface area (Å²) in [6.45, 7) is 9.56. The molecule has 1 fully saturated rings. The van der Waals surface area contributed by atoms with Crippen LogP contribution in [0.5, 0.6) is 5.75 Å². The third-order valence-electron chi connectivity index (χ3n) is 4.48. The summed E-state index contributed by atoms with van der Waals surface area (Å²) in [6.07, 6.45) is -3.45. The molecule has 0 unspecified atom stereocenters. The van der Waals surface area contributed by atoms with Gasteiger partial charge in [0.1, 0.15) is 5.75 Å². The number of hydrogen-bond acceptors (Lipinski definition) is 2. The van der Waals surface area contributed by atoms with Crippen LogP contribution in [0, 0.1) is 5.92 Å². The van der Waals surface area contributed by atoms with Gasteiger partial charge in [0.2, 0.25) is 0 Å². The fourth-order valence-corrected chi connectivity index (χ4v) is 2.74. The van der Waals surface area contributed by atoms with Gasteiger partial charge < -0.3 is 9.64 Å². The van der Waals surface area contributed by atoms with Gasteiger partial charge in [-0.15, -0.1) is 0 Å². The topological polar surface area (TPSA) is 12.5 Å². The van der Waals surface area contributed by atoms with Gasteiger partial charge in [-0.25, -0.2) is 0 Å². The van der Waals surface area contributed by atoms with Gasteiger partial charge in [0, 0.05) is 38.8 Å². The van der Waals surface area contributed by atoms with Gasteiger partial charge in [0.25, 0.3) is 0 Å². The van der Waals surface area contributed by atoms with Crippen molar-refractivity contribution in [2.24, 2.45) is 5.92 Å². The first-order valence-corrected chi connectivity index (χ1v) is 8.59. The van der Waals surface area contributed by atoms with E-state index in [2.05, 4.69) is 30.9 Å². The Morgan fingerprint density at radius 3 is 1.86 bits per heavy atom. The van der Waals surface area contributed by atoms with Crippen LogP contribution in [-0.4, -0.2) is 37.3 Å². The Kier molecular flexibility index (Phi) is 21.0. The van der Waals surface area contributed by atoms with Gasteiger partial charge in [-0.05, 0) is 63.4 Å². The first kappa shape index (κ1) is 35.3. The normalized spacial score (nSPS) is 14.5. The van der Waals surface area contributed by atoms with Crippen molar-refractivity contribution >= 4 is 0 Å². The number of hydrogen-bond donors (Lipinski definition) is 0. The summed E-state index contributed by atoms with van der Waals surface area (Å²) in [6, 6.07) is 8.55. The molecule has 1 radical (unpaired) electrons. The number of benzene rings is 1. The maximum atomic E-state index is 12.3. The maximum Gasteiger partial charge on any atom is 0.391 e. The molecular formula is C22H42F3NOY. The Morgan fingerprint density at radius 1 is 1.00 bits per heavy atom. The molecule has 0 saturated carbocycles. The summed E-state index contributed by atoms with van der Waals surface area (Å²) in [5.41, 5.74) is 1.32. The van der Waals surface area contributed by atoms with Gasteiger partial charge in [0.05, 0.1) is 13.0 Å². The molecule has 6 heteroatoms. The first-order chi connectivity index (χ1) is 11.1. The number of methoxy groups -OCH3 is 1. The van der Waals surface area contributed by atoms with Crippen LogP contribution < -0.4 is 4.74 Å². The molecule has 2 nitrogen and oxygen atoms in total. The number of piperidine rings is 1. The van der Waals surface area contributed by atoms with Crippen molar-refractivity contribution in [3.8, 4) is 5.75 Å². The second-order valence-corrected chi connectivity index (χ2v) is 6.88. The Bertz CT molecular complexity index is 485. The largest absolute Gasteiger partial charge is 0.497 e. The molecule has 1 aliphatic heterocycles. The van der Waals surface area contributed by atoms with E-state index in [0.717, 1.165) is 5.75 Å². The summed E-state index contributed by atoms with van der Waals surface area (Å²) in [5.74, 6) is 0.448. The van der Waals surface area contributed by atoms with E-state index in [1.165, 1.54) is 5.56 Å². The molecule has 2 rings (SSSR count). The summed E-state index contributed by atoms with van der Waals surface area (Å²) in [7, 11) is 1.69. The van der Waals surface area contributed by atoms with Crippen LogP contribution in [0.25, 0.3) is 0 Å². The van der Waals surface area contributed by atoms with Crippen LogP contribution in [0.15, 0.2) is 24.3 Å². The number of nitrogens with zero attached hydrogens (tertiary/aromatic N) is 1. The van der Waals surface area contributed by atoms with Crippen LogP contribution in [0.4, 0.5) is 13.2 Å². The van der Waals surface area contributed by atoms with Crippen molar-refractivity contribution in [3.05, 3.63) is 29.8 Å². The van der Waals surface area contributed by atoms with Crippen LogP contribution in [0.1, 0.15) is 74.3 Å². The summed E-state index contributed by atoms with van der Waals surface area (Å²) >= 11 is 0. The molecule has 1 aromatic carbocycles. The molecule has 0 amide bonds. The Labute approximate surface area is 197 Å². The van der Waals surface area contributed by atoms with Crippen molar-refractivity contribution in [2.45, 2.75) is 81.0 Å². The van der Waals surface area contributed by atoms with Crippen molar-refractivity contribution in [3.63, 3.8) is 0 Å². The van der Waals surface area contributed by atoms with E-state index < -0.39 is 12.1 Å². The summed E-state index contributed by atoms with van der Waals surface area (Å²) < 4.78 is 41.9. The van der Waals surface area contributed by atoms with Crippen LogP contribution in [0.3, 0.4) is 0 Å². The average Bonchev–Trinajstić information content (AvgIpc) is 2.54. The zero-order valence-corrected chi connectivity index (χ0v) is 18.8. The van der Waals surface area contributed by atoms with Gasteiger partial charge in [-0.2, -0.15) is 13.2 Å². The van der Waals surface area contributed by atoms with Crippen LogP contribution >= 0.6 is 0 Å². The smallest absolute Gasteiger partial charge is 0.391 e. The van der Waals surface area contributed by atoms with Crippen LogP contribution in [-0.2, 0) is 32.7 Å². The molecule has 1 aromatic rings. The Balaban J connectivity index is -0.000000182. The quantitative estimate of drug-likeness (QED) is 0.445. The second kappa shape index (κ2) is 16.6. The van der Waals surface area contributed by atoms with E-state index in [0.29, 0.717) is 25.0 Å².